The second-order valence-electron chi connectivity index (χ2n) is 5.02. The standard InChI is InChI=1S/C16H13BrCl2N2/c1-10-9-15(11-5-7-12(17)8-6-11)21(20-10)16-13(18)3-2-4-14(16)19/h2-8,15H,9H2,1H3. The fourth-order valence-electron chi connectivity index (χ4n) is 2.52. The van der Waals surface area contributed by atoms with Crippen LogP contribution in [0.25, 0.3) is 0 Å². The molecular formula is C16H13BrCl2N2. The summed E-state index contributed by atoms with van der Waals surface area (Å²) in [5, 5.41) is 7.79. The van der Waals surface area contributed by atoms with Crippen molar-refractivity contribution in [3.05, 3.63) is 62.5 Å². The number of hydrogen-bond donors (Lipinski definition) is 0. The maximum Gasteiger partial charge on any atom is 0.0973 e. The van der Waals surface area contributed by atoms with Crippen LogP contribution in [0.2, 0.25) is 10.0 Å². The highest BCUT2D eigenvalue weighted by atomic mass is 79.9. The first-order chi connectivity index (χ1) is 10.1. The van der Waals surface area contributed by atoms with Crippen molar-refractivity contribution in [3.8, 4) is 0 Å². The van der Waals surface area contributed by atoms with E-state index in [-0.39, 0.29) is 6.04 Å². The van der Waals surface area contributed by atoms with Crippen molar-refractivity contribution in [1.29, 1.82) is 0 Å². The first kappa shape index (κ1) is 14.9. The van der Waals surface area contributed by atoms with Crippen molar-refractivity contribution in [3.63, 3.8) is 0 Å². The summed E-state index contributed by atoms with van der Waals surface area (Å²) in [5.74, 6) is 0. The van der Waals surface area contributed by atoms with E-state index in [4.69, 9.17) is 23.2 Å². The molecule has 2 nitrogen and oxygen atoms in total. The predicted molar refractivity (Wildman–Crippen MR) is 93.6 cm³/mol. The van der Waals surface area contributed by atoms with E-state index in [0.29, 0.717) is 10.0 Å². The third-order valence-electron chi connectivity index (χ3n) is 3.48. The lowest BCUT2D eigenvalue weighted by Gasteiger charge is -2.25. The minimum Gasteiger partial charge on any atom is -0.255 e. The lowest BCUT2D eigenvalue weighted by molar-refractivity contribution is 0.709. The molecule has 0 aromatic heterocycles. The Hall–Kier alpha value is -1.03. The molecule has 1 aliphatic rings. The van der Waals surface area contributed by atoms with E-state index in [2.05, 4.69) is 33.2 Å². The zero-order valence-corrected chi connectivity index (χ0v) is 14.5. The van der Waals surface area contributed by atoms with Crippen molar-refractivity contribution >= 4 is 50.5 Å². The van der Waals surface area contributed by atoms with E-state index in [9.17, 15) is 0 Å². The molecule has 0 bridgehead atoms. The maximum atomic E-state index is 6.33. The van der Waals surface area contributed by atoms with Gasteiger partial charge in [0.1, 0.15) is 0 Å². The second-order valence-corrected chi connectivity index (χ2v) is 6.75. The Balaban J connectivity index is 2.04. The maximum absolute atomic E-state index is 6.33. The number of nitrogens with zero attached hydrogens (tertiary/aromatic N) is 2. The average molecular weight is 384 g/mol. The molecule has 0 spiro atoms. The van der Waals surface area contributed by atoms with Crippen LogP contribution in [0.4, 0.5) is 5.69 Å². The van der Waals surface area contributed by atoms with Gasteiger partial charge in [0, 0.05) is 16.6 Å². The Morgan fingerprint density at radius 1 is 1.10 bits per heavy atom. The van der Waals surface area contributed by atoms with Crippen molar-refractivity contribution < 1.29 is 0 Å². The molecule has 5 heteroatoms. The van der Waals surface area contributed by atoms with Crippen LogP contribution < -0.4 is 5.01 Å². The molecule has 0 saturated carbocycles. The summed E-state index contributed by atoms with van der Waals surface area (Å²) in [7, 11) is 0. The van der Waals surface area contributed by atoms with Crippen LogP contribution in [0.5, 0.6) is 0 Å². The molecule has 3 rings (SSSR count). The largest absolute Gasteiger partial charge is 0.255 e. The molecule has 0 aliphatic carbocycles. The van der Waals surface area contributed by atoms with Crippen LogP contribution in [0, 0.1) is 0 Å². The fraction of sp³-hybridized carbons (Fsp3) is 0.188. The van der Waals surface area contributed by atoms with Gasteiger partial charge in [-0.2, -0.15) is 5.10 Å². The Bertz CT molecular complexity index is 678. The summed E-state index contributed by atoms with van der Waals surface area (Å²) in [6, 6.07) is 13.9. The van der Waals surface area contributed by atoms with Gasteiger partial charge in [0.15, 0.2) is 0 Å². The van der Waals surface area contributed by atoms with Gasteiger partial charge in [-0.05, 0) is 36.8 Å². The van der Waals surface area contributed by atoms with E-state index >= 15 is 0 Å². The highest BCUT2D eigenvalue weighted by Gasteiger charge is 2.29. The van der Waals surface area contributed by atoms with Gasteiger partial charge in [0.2, 0.25) is 0 Å². The average Bonchev–Trinajstić information content (AvgIpc) is 2.81. The summed E-state index contributed by atoms with van der Waals surface area (Å²) >= 11 is 16.1. The summed E-state index contributed by atoms with van der Waals surface area (Å²) in [6.45, 7) is 2.02. The minimum atomic E-state index is 0.121. The molecular weight excluding hydrogens is 371 g/mol. The van der Waals surface area contributed by atoms with Crippen LogP contribution in [0.1, 0.15) is 24.9 Å². The van der Waals surface area contributed by atoms with Gasteiger partial charge in [-0.3, -0.25) is 5.01 Å². The van der Waals surface area contributed by atoms with Crippen LogP contribution in [-0.2, 0) is 0 Å². The number of hydrazone groups is 1. The Morgan fingerprint density at radius 2 is 1.71 bits per heavy atom. The van der Waals surface area contributed by atoms with Gasteiger partial charge in [0.05, 0.1) is 21.8 Å². The molecule has 1 aliphatic heterocycles. The SMILES string of the molecule is CC1=NN(c2c(Cl)cccc2Cl)C(c2ccc(Br)cc2)C1. The van der Waals surface area contributed by atoms with Crippen molar-refractivity contribution in [1.82, 2.24) is 0 Å². The number of hydrogen-bond acceptors (Lipinski definition) is 2. The monoisotopic (exact) mass is 382 g/mol. The summed E-state index contributed by atoms with van der Waals surface area (Å²) in [5.41, 5.74) is 3.03. The smallest absolute Gasteiger partial charge is 0.0973 e. The summed E-state index contributed by atoms with van der Waals surface area (Å²) in [6.07, 6.45) is 0.864. The van der Waals surface area contributed by atoms with Crippen LogP contribution in [-0.4, -0.2) is 5.71 Å². The Morgan fingerprint density at radius 3 is 2.33 bits per heavy atom. The molecule has 0 N–H and O–H groups in total. The van der Waals surface area contributed by atoms with E-state index < -0.39 is 0 Å². The number of halogens is 3. The summed E-state index contributed by atoms with van der Waals surface area (Å²) < 4.78 is 1.06. The normalized spacial score (nSPS) is 18.0. The lowest BCUT2D eigenvalue weighted by atomic mass is 10.0. The first-order valence-corrected chi connectivity index (χ1v) is 8.14. The molecule has 1 atom stereocenters. The van der Waals surface area contributed by atoms with Gasteiger partial charge in [-0.25, -0.2) is 0 Å². The molecule has 0 amide bonds. The van der Waals surface area contributed by atoms with Crippen molar-refractivity contribution in [2.24, 2.45) is 5.10 Å². The van der Waals surface area contributed by atoms with Crippen LogP contribution >= 0.6 is 39.1 Å². The van der Waals surface area contributed by atoms with Crippen LogP contribution in [0.15, 0.2) is 52.0 Å². The van der Waals surface area contributed by atoms with E-state index in [0.717, 1.165) is 22.3 Å². The number of benzene rings is 2. The summed E-state index contributed by atoms with van der Waals surface area (Å²) in [4.78, 5) is 0. The topological polar surface area (TPSA) is 15.6 Å². The van der Waals surface area contributed by atoms with Gasteiger partial charge >= 0.3 is 0 Å². The first-order valence-electron chi connectivity index (χ1n) is 6.59. The molecule has 21 heavy (non-hydrogen) atoms. The Labute approximate surface area is 142 Å². The third kappa shape index (κ3) is 2.96. The minimum absolute atomic E-state index is 0.121. The predicted octanol–water partition coefficient (Wildman–Crippen LogP) is 6.08. The molecule has 1 heterocycles. The van der Waals surface area contributed by atoms with Gasteiger partial charge in [-0.15, -0.1) is 0 Å². The van der Waals surface area contributed by atoms with Crippen molar-refractivity contribution in [2.75, 3.05) is 5.01 Å². The van der Waals surface area contributed by atoms with E-state index in [1.165, 1.54) is 5.56 Å². The quantitative estimate of drug-likeness (QED) is 0.613. The van der Waals surface area contributed by atoms with Gasteiger partial charge < -0.3 is 0 Å². The third-order valence-corrected chi connectivity index (χ3v) is 4.62. The molecule has 0 radical (unpaired) electrons. The molecule has 108 valence electrons. The molecule has 1 unspecified atom stereocenters. The van der Waals surface area contributed by atoms with Gasteiger partial charge in [0.25, 0.3) is 0 Å². The van der Waals surface area contributed by atoms with E-state index in [1.54, 1.807) is 0 Å². The van der Waals surface area contributed by atoms with Gasteiger partial charge in [-0.1, -0.05) is 57.3 Å². The molecule has 2 aromatic rings. The van der Waals surface area contributed by atoms with Crippen LogP contribution in [0.3, 0.4) is 0 Å². The number of para-hydroxylation sites is 1. The second kappa shape index (κ2) is 5.99. The zero-order chi connectivity index (χ0) is 15.0. The lowest BCUT2D eigenvalue weighted by Crippen LogP contribution is -2.19. The highest BCUT2D eigenvalue weighted by Crippen LogP contribution is 2.42. The molecule has 0 fully saturated rings. The van der Waals surface area contributed by atoms with Crippen molar-refractivity contribution in [2.45, 2.75) is 19.4 Å². The zero-order valence-electron chi connectivity index (χ0n) is 11.4. The fourth-order valence-corrected chi connectivity index (χ4v) is 3.35. The van der Waals surface area contributed by atoms with E-state index in [1.807, 2.05) is 42.3 Å². The number of anilines is 1. The Kier molecular flexibility index (Phi) is 4.25. The highest BCUT2D eigenvalue weighted by molar-refractivity contribution is 9.10. The molecule has 0 saturated heterocycles. The molecule has 2 aromatic carbocycles. The number of rotatable bonds is 2.